The molecule has 0 aliphatic heterocycles. The summed E-state index contributed by atoms with van der Waals surface area (Å²) >= 11 is 1.66. The first-order chi connectivity index (χ1) is 9.79. The van der Waals surface area contributed by atoms with Gasteiger partial charge in [0.1, 0.15) is 0 Å². The molecule has 0 N–H and O–H groups in total. The molecule has 1 heterocycles. The first-order valence-electron chi connectivity index (χ1n) is 6.32. The molecule has 0 spiro atoms. The van der Waals surface area contributed by atoms with E-state index in [2.05, 4.69) is 21.7 Å². The molecule has 0 radical (unpaired) electrons. The summed E-state index contributed by atoms with van der Waals surface area (Å²) in [6, 6.07) is 18.0. The normalized spacial score (nSPS) is 10.6. The van der Waals surface area contributed by atoms with E-state index < -0.39 is 0 Å². The van der Waals surface area contributed by atoms with Crippen LogP contribution in [-0.4, -0.2) is 9.55 Å². The second kappa shape index (κ2) is 5.40. The molecule has 3 aromatic rings. The Morgan fingerprint density at radius 1 is 1.15 bits per heavy atom. The van der Waals surface area contributed by atoms with E-state index in [4.69, 9.17) is 5.26 Å². The maximum Gasteiger partial charge on any atom is 0.169 e. The number of fused-ring (bicyclic) bond motifs is 1. The van der Waals surface area contributed by atoms with E-state index in [-0.39, 0.29) is 0 Å². The highest BCUT2D eigenvalue weighted by molar-refractivity contribution is 7.98. The lowest BCUT2D eigenvalue weighted by Crippen LogP contribution is -1.92. The summed E-state index contributed by atoms with van der Waals surface area (Å²) in [6.07, 6.45) is 0. The van der Waals surface area contributed by atoms with Crippen LogP contribution in [0, 0.1) is 11.3 Å². The van der Waals surface area contributed by atoms with Gasteiger partial charge < -0.3 is 4.57 Å². The Morgan fingerprint density at radius 2 is 1.90 bits per heavy atom. The Morgan fingerprint density at radius 3 is 2.70 bits per heavy atom. The lowest BCUT2D eigenvalue weighted by molar-refractivity contribution is 0.815. The molecule has 0 saturated heterocycles. The van der Waals surface area contributed by atoms with E-state index in [0.29, 0.717) is 0 Å². The van der Waals surface area contributed by atoms with Crippen molar-refractivity contribution in [2.24, 2.45) is 7.05 Å². The summed E-state index contributed by atoms with van der Waals surface area (Å²) < 4.78 is 2.09. The molecule has 20 heavy (non-hydrogen) atoms. The van der Waals surface area contributed by atoms with Gasteiger partial charge in [-0.25, -0.2) is 4.98 Å². The monoisotopic (exact) mass is 279 g/mol. The number of aromatic nitrogens is 2. The molecule has 4 heteroatoms. The van der Waals surface area contributed by atoms with E-state index in [9.17, 15) is 0 Å². The van der Waals surface area contributed by atoms with Gasteiger partial charge in [0.2, 0.25) is 0 Å². The number of aryl methyl sites for hydroxylation is 1. The number of thioether (sulfide) groups is 1. The fourth-order valence-corrected chi connectivity index (χ4v) is 3.14. The molecule has 98 valence electrons. The molecule has 0 atom stereocenters. The highest BCUT2D eigenvalue weighted by atomic mass is 32.2. The van der Waals surface area contributed by atoms with Crippen molar-refractivity contribution in [3.05, 3.63) is 59.7 Å². The van der Waals surface area contributed by atoms with E-state index in [1.807, 2.05) is 49.5 Å². The molecule has 0 fully saturated rings. The van der Waals surface area contributed by atoms with Crippen LogP contribution in [0.15, 0.2) is 53.7 Å². The van der Waals surface area contributed by atoms with Gasteiger partial charge in [-0.05, 0) is 23.8 Å². The van der Waals surface area contributed by atoms with E-state index >= 15 is 0 Å². The van der Waals surface area contributed by atoms with E-state index in [1.165, 1.54) is 0 Å². The number of rotatable bonds is 3. The van der Waals surface area contributed by atoms with Crippen molar-refractivity contribution in [2.75, 3.05) is 0 Å². The van der Waals surface area contributed by atoms with Crippen molar-refractivity contribution in [1.82, 2.24) is 9.55 Å². The molecule has 0 amide bonds. The minimum Gasteiger partial charge on any atom is -0.322 e. The standard InChI is InChI=1S/C16H13N3S/c1-19-15-9-5-4-8-14(15)18-16(19)20-11-13-7-3-2-6-12(13)10-17/h2-9H,11H2,1H3. The SMILES string of the molecule is Cn1c(SCc2ccccc2C#N)nc2ccccc21. The number of hydrogen-bond donors (Lipinski definition) is 0. The molecule has 3 rings (SSSR count). The summed E-state index contributed by atoms with van der Waals surface area (Å²) in [6.45, 7) is 0. The molecular weight excluding hydrogens is 266 g/mol. The van der Waals surface area contributed by atoms with Crippen LogP contribution in [0.2, 0.25) is 0 Å². The predicted octanol–water partition coefficient (Wildman–Crippen LogP) is 3.74. The lowest BCUT2D eigenvalue weighted by Gasteiger charge is -2.04. The third kappa shape index (κ3) is 2.28. The zero-order valence-electron chi connectivity index (χ0n) is 11.1. The van der Waals surface area contributed by atoms with Crippen molar-refractivity contribution in [2.45, 2.75) is 10.9 Å². The Kier molecular flexibility index (Phi) is 3.44. The fraction of sp³-hybridized carbons (Fsp3) is 0.125. The van der Waals surface area contributed by atoms with Crippen LogP contribution in [0.4, 0.5) is 0 Å². The Bertz CT molecular complexity index is 799. The zero-order valence-corrected chi connectivity index (χ0v) is 11.9. The largest absolute Gasteiger partial charge is 0.322 e. The van der Waals surface area contributed by atoms with Gasteiger partial charge in [0.15, 0.2) is 5.16 Å². The molecule has 2 aromatic carbocycles. The molecule has 3 nitrogen and oxygen atoms in total. The minimum absolute atomic E-state index is 0.735. The number of hydrogen-bond acceptors (Lipinski definition) is 3. The van der Waals surface area contributed by atoms with Crippen molar-refractivity contribution in [3.8, 4) is 6.07 Å². The minimum atomic E-state index is 0.735. The van der Waals surface area contributed by atoms with Crippen molar-refractivity contribution in [1.29, 1.82) is 5.26 Å². The number of benzene rings is 2. The van der Waals surface area contributed by atoms with Crippen LogP contribution in [-0.2, 0) is 12.8 Å². The van der Waals surface area contributed by atoms with Crippen LogP contribution in [0.3, 0.4) is 0 Å². The smallest absolute Gasteiger partial charge is 0.169 e. The summed E-state index contributed by atoms with van der Waals surface area (Å²) in [5.41, 5.74) is 3.92. The molecular formula is C16H13N3S. The van der Waals surface area contributed by atoms with Gasteiger partial charge in [-0.2, -0.15) is 5.26 Å². The topological polar surface area (TPSA) is 41.6 Å². The lowest BCUT2D eigenvalue weighted by atomic mass is 10.1. The van der Waals surface area contributed by atoms with Gasteiger partial charge >= 0.3 is 0 Å². The number of nitrogens with zero attached hydrogens (tertiary/aromatic N) is 3. The van der Waals surface area contributed by atoms with Gasteiger partial charge in [-0.3, -0.25) is 0 Å². The molecule has 1 aromatic heterocycles. The molecule has 0 unspecified atom stereocenters. The van der Waals surface area contributed by atoms with Crippen LogP contribution in [0.25, 0.3) is 11.0 Å². The summed E-state index contributed by atoms with van der Waals surface area (Å²) in [7, 11) is 2.02. The maximum absolute atomic E-state index is 9.10. The fourth-order valence-electron chi connectivity index (χ4n) is 2.15. The van der Waals surface area contributed by atoms with Crippen molar-refractivity contribution in [3.63, 3.8) is 0 Å². The number of imidazole rings is 1. The molecule has 0 saturated carbocycles. The predicted molar refractivity (Wildman–Crippen MR) is 81.4 cm³/mol. The van der Waals surface area contributed by atoms with Crippen LogP contribution in [0.1, 0.15) is 11.1 Å². The number of nitriles is 1. The van der Waals surface area contributed by atoms with Crippen molar-refractivity contribution < 1.29 is 0 Å². The van der Waals surface area contributed by atoms with Crippen LogP contribution >= 0.6 is 11.8 Å². The zero-order chi connectivity index (χ0) is 13.9. The maximum atomic E-state index is 9.10. The summed E-state index contributed by atoms with van der Waals surface area (Å²) in [5, 5.41) is 10.1. The second-order valence-electron chi connectivity index (χ2n) is 4.50. The third-order valence-corrected chi connectivity index (χ3v) is 4.32. The van der Waals surface area contributed by atoms with E-state index in [1.54, 1.807) is 11.8 Å². The highest BCUT2D eigenvalue weighted by Crippen LogP contribution is 2.26. The van der Waals surface area contributed by atoms with Crippen LogP contribution in [0.5, 0.6) is 0 Å². The Hall–Kier alpha value is -2.25. The van der Waals surface area contributed by atoms with Gasteiger partial charge in [0.25, 0.3) is 0 Å². The van der Waals surface area contributed by atoms with Crippen LogP contribution < -0.4 is 0 Å². The Balaban J connectivity index is 1.87. The van der Waals surface area contributed by atoms with Gasteiger partial charge in [-0.15, -0.1) is 0 Å². The summed E-state index contributed by atoms with van der Waals surface area (Å²) in [5.74, 6) is 0.751. The number of para-hydroxylation sites is 2. The highest BCUT2D eigenvalue weighted by Gasteiger charge is 2.09. The van der Waals surface area contributed by atoms with Crippen molar-refractivity contribution >= 4 is 22.8 Å². The van der Waals surface area contributed by atoms with Gasteiger partial charge in [-0.1, -0.05) is 42.1 Å². The van der Waals surface area contributed by atoms with Gasteiger partial charge in [0.05, 0.1) is 22.7 Å². The van der Waals surface area contributed by atoms with Gasteiger partial charge in [0, 0.05) is 12.8 Å². The summed E-state index contributed by atoms with van der Waals surface area (Å²) in [4.78, 5) is 4.63. The molecule has 0 aliphatic carbocycles. The average Bonchev–Trinajstić information content (AvgIpc) is 2.82. The Labute approximate surface area is 121 Å². The molecule has 0 aliphatic rings. The average molecular weight is 279 g/mol. The first kappa shape index (κ1) is 12.8. The first-order valence-corrected chi connectivity index (χ1v) is 7.30. The quantitative estimate of drug-likeness (QED) is 0.686. The molecule has 0 bridgehead atoms. The van der Waals surface area contributed by atoms with E-state index in [0.717, 1.165) is 33.1 Å². The second-order valence-corrected chi connectivity index (χ2v) is 5.44. The third-order valence-electron chi connectivity index (χ3n) is 3.24.